The summed E-state index contributed by atoms with van der Waals surface area (Å²) in [5, 5.41) is 2.99. The second-order valence-corrected chi connectivity index (χ2v) is 8.67. The number of anilines is 1. The van der Waals surface area contributed by atoms with Gasteiger partial charge in [-0.15, -0.1) is 0 Å². The monoisotopic (exact) mass is 408 g/mol. The lowest BCUT2D eigenvalue weighted by Gasteiger charge is -2.32. The van der Waals surface area contributed by atoms with Crippen molar-refractivity contribution in [2.45, 2.75) is 65.5 Å². The highest BCUT2D eigenvalue weighted by atomic mass is 16.5. The zero-order valence-electron chi connectivity index (χ0n) is 18.6. The number of hydrogen-bond donors (Lipinski definition) is 1. The van der Waals surface area contributed by atoms with E-state index in [9.17, 15) is 9.59 Å². The van der Waals surface area contributed by atoms with E-state index in [-0.39, 0.29) is 29.9 Å². The minimum absolute atomic E-state index is 0.00910. The third-order valence-electron chi connectivity index (χ3n) is 6.09. The van der Waals surface area contributed by atoms with Crippen LogP contribution in [-0.4, -0.2) is 24.5 Å². The van der Waals surface area contributed by atoms with Gasteiger partial charge in [0.2, 0.25) is 0 Å². The summed E-state index contributed by atoms with van der Waals surface area (Å²) in [4.78, 5) is 27.0. The highest BCUT2D eigenvalue weighted by Crippen LogP contribution is 2.38. The summed E-state index contributed by atoms with van der Waals surface area (Å²) in [7, 11) is 0. The second kappa shape index (κ2) is 8.90. The number of carbonyl (C=O) groups excluding carboxylic acids is 2. The van der Waals surface area contributed by atoms with Crippen molar-refractivity contribution in [2.24, 2.45) is 0 Å². The van der Waals surface area contributed by atoms with Crippen LogP contribution in [0.4, 0.5) is 5.69 Å². The van der Waals surface area contributed by atoms with Crippen LogP contribution in [0.5, 0.6) is 5.75 Å². The number of hydrogen-bond acceptors (Lipinski definition) is 3. The molecule has 1 heterocycles. The molecule has 0 unspecified atom stereocenters. The maximum Gasteiger partial charge on any atom is 0.265 e. The first-order valence-electron chi connectivity index (χ1n) is 10.7. The van der Waals surface area contributed by atoms with E-state index >= 15 is 0 Å². The lowest BCUT2D eigenvalue weighted by atomic mass is 9.82. The number of nitrogens with zero attached hydrogens (tertiary/aromatic N) is 1. The van der Waals surface area contributed by atoms with Gasteiger partial charge in [-0.25, -0.2) is 0 Å². The number of rotatable bonds is 7. The molecule has 1 atom stereocenters. The summed E-state index contributed by atoms with van der Waals surface area (Å²) in [6, 6.07) is 13.7. The Kier molecular flexibility index (Phi) is 6.49. The topological polar surface area (TPSA) is 58.6 Å². The Morgan fingerprint density at radius 3 is 2.67 bits per heavy atom. The quantitative estimate of drug-likeness (QED) is 0.714. The molecule has 160 valence electrons. The summed E-state index contributed by atoms with van der Waals surface area (Å²) < 4.78 is 5.67. The molecular weight excluding hydrogens is 376 g/mol. The molecule has 2 aromatic rings. The van der Waals surface area contributed by atoms with Gasteiger partial charge in [0, 0.05) is 11.6 Å². The standard InChI is InChI=1S/C25H32N2O3/c1-6-17(3)26-24(29)19-10-8-9-18(13-19)15-27-21-14-20(25(4,5)7-2)11-12-22(21)30-16-23(27)28/h8-14,17H,6-7,15-16H2,1-5H3,(H,26,29)/t17-/m0/s1. The molecule has 0 aromatic heterocycles. The van der Waals surface area contributed by atoms with E-state index in [4.69, 9.17) is 4.74 Å². The van der Waals surface area contributed by atoms with Gasteiger partial charge < -0.3 is 15.0 Å². The molecular formula is C25H32N2O3. The molecule has 0 fully saturated rings. The van der Waals surface area contributed by atoms with Gasteiger partial charge in [0.05, 0.1) is 12.2 Å². The van der Waals surface area contributed by atoms with Crippen LogP contribution >= 0.6 is 0 Å². The lowest BCUT2D eigenvalue weighted by molar-refractivity contribution is -0.121. The van der Waals surface area contributed by atoms with Crippen LogP contribution in [0.3, 0.4) is 0 Å². The molecule has 0 saturated heterocycles. The molecule has 5 nitrogen and oxygen atoms in total. The van der Waals surface area contributed by atoms with E-state index < -0.39 is 0 Å². The molecule has 5 heteroatoms. The van der Waals surface area contributed by atoms with E-state index in [1.54, 1.807) is 11.0 Å². The zero-order valence-corrected chi connectivity index (χ0v) is 18.6. The van der Waals surface area contributed by atoms with Crippen molar-refractivity contribution in [2.75, 3.05) is 11.5 Å². The number of carbonyl (C=O) groups is 2. The van der Waals surface area contributed by atoms with Crippen molar-refractivity contribution >= 4 is 17.5 Å². The van der Waals surface area contributed by atoms with Gasteiger partial charge >= 0.3 is 0 Å². The summed E-state index contributed by atoms with van der Waals surface area (Å²) >= 11 is 0. The third kappa shape index (κ3) is 4.66. The number of fused-ring (bicyclic) bond motifs is 1. The first kappa shape index (κ1) is 21.9. The van der Waals surface area contributed by atoms with Gasteiger partial charge in [-0.3, -0.25) is 9.59 Å². The Morgan fingerprint density at radius 2 is 1.97 bits per heavy atom. The molecule has 3 rings (SSSR count). The highest BCUT2D eigenvalue weighted by molar-refractivity contribution is 5.98. The Morgan fingerprint density at radius 1 is 1.20 bits per heavy atom. The van der Waals surface area contributed by atoms with Gasteiger partial charge in [0.1, 0.15) is 5.75 Å². The summed E-state index contributed by atoms with van der Waals surface area (Å²) in [5.41, 5.74) is 3.49. The van der Waals surface area contributed by atoms with Crippen LogP contribution in [-0.2, 0) is 16.8 Å². The number of ether oxygens (including phenoxy) is 1. The van der Waals surface area contributed by atoms with Gasteiger partial charge in [-0.1, -0.05) is 45.9 Å². The van der Waals surface area contributed by atoms with Gasteiger partial charge in [-0.2, -0.15) is 0 Å². The first-order chi connectivity index (χ1) is 14.2. The van der Waals surface area contributed by atoms with Crippen molar-refractivity contribution in [3.05, 3.63) is 59.2 Å². The molecule has 2 amide bonds. The molecule has 1 aliphatic rings. The normalized spacial score (nSPS) is 14.7. The largest absolute Gasteiger partial charge is 0.482 e. The summed E-state index contributed by atoms with van der Waals surface area (Å²) in [6.07, 6.45) is 1.87. The minimum Gasteiger partial charge on any atom is -0.482 e. The van der Waals surface area contributed by atoms with E-state index in [0.29, 0.717) is 12.1 Å². The zero-order chi connectivity index (χ0) is 21.9. The Bertz CT molecular complexity index is 936. The second-order valence-electron chi connectivity index (χ2n) is 8.67. The van der Waals surface area contributed by atoms with E-state index in [1.807, 2.05) is 38.1 Å². The molecule has 30 heavy (non-hydrogen) atoms. The van der Waals surface area contributed by atoms with Crippen molar-refractivity contribution in [3.63, 3.8) is 0 Å². The lowest BCUT2D eigenvalue weighted by Crippen LogP contribution is -2.38. The number of benzene rings is 2. The van der Waals surface area contributed by atoms with Crippen LogP contribution in [0.2, 0.25) is 0 Å². The predicted molar refractivity (Wildman–Crippen MR) is 120 cm³/mol. The molecule has 1 aliphatic heterocycles. The van der Waals surface area contributed by atoms with Gasteiger partial charge in [0.15, 0.2) is 6.61 Å². The fraction of sp³-hybridized carbons (Fsp3) is 0.440. The fourth-order valence-corrected chi connectivity index (χ4v) is 3.40. The van der Waals surface area contributed by atoms with E-state index in [1.165, 1.54) is 5.56 Å². The number of nitrogens with one attached hydrogen (secondary N) is 1. The summed E-state index contributed by atoms with van der Waals surface area (Å²) in [5.74, 6) is 0.547. The Hall–Kier alpha value is -2.82. The maximum absolute atomic E-state index is 12.7. The molecule has 0 bridgehead atoms. The SMILES string of the molecule is CC[C@H](C)NC(=O)c1cccc(CN2C(=O)COc3ccc(C(C)(C)CC)cc32)c1. The maximum atomic E-state index is 12.7. The van der Waals surface area contributed by atoms with Gasteiger partial charge in [0.25, 0.3) is 11.8 Å². The molecule has 0 spiro atoms. The van der Waals surface area contributed by atoms with Crippen molar-refractivity contribution in [1.29, 1.82) is 0 Å². The van der Waals surface area contributed by atoms with Crippen molar-refractivity contribution < 1.29 is 14.3 Å². The average molecular weight is 409 g/mol. The molecule has 0 aliphatic carbocycles. The Balaban J connectivity index is 1.89. The number of amides is 2. The van der Waals surface area contributed by atoms with E-state index in [0.717, 1.165) is 29.8 Å². The van der Waals surface area contributed by atoms with Crippen LogP contribution in [0.25, 0.3) is 0 Å². The van der Waals surface area contributed by atoms with Gasteiger partial charge in [-0.05, 0) is 60.6 Å². The molecule has 2 aromatic carbocycles. The fourth-order valence-electron chi connectivity index (χ4n) is 3.40. The highest BCUT2D eigenvalue weighted by Gasteiger charge is 2.28. The third-order valence-corrected chi connectivity index (χ3v) is 6.09. The van der Waals surface area contributed by atoms with Crippen molar-refractivity contribution in [1.82, 2.24) is 5.32 Å². The first-order valence-corrected chi connectivity index (χ1v) is 10.7. The summed E-state index contributed by atoms with van der Waals surface area (Å²) in [6.45, 7) is 11.0. The smallest absolute Gasteiger partial charge is 0.265 e. The van der Waals surface area contributed by atoms with E-state index in [2.05, 4.69) is 38.2 Å². The Labute approximate surface area is 179 Å². The average Bonchev–Trinajstić information content (AvgIpc) is 2.75. The van der Waals surface area contributed by atoms with Crippen LogP contribution in [0.1, 0.15) is 68.9 Å². The van der Waals surface area contributed by atoms with Crippen LogP contribution in [0.15, 0.2) is 42.5 Å². The van der Waals surface area contributed by atoms with Crippen molar-refractivity contribution in [3.8, 4) is 5.75 Å². The predicted octanol–water partition coefficient (Wildman–Crippen LogP) is 4.83. The molecule has 1 N–H and O–H groups in total. The molecule has 0 saturated carbocycles. The molecule has 0 radical (unpaired) electrons. The minimum atomic E-state index is -0.0908. The van der Waals surface area contributed by atoms with Crippen LogP contribution in [0, 0.1) is 0 Å². The van der Waals surface area contributed by atoms with Crippen LogP contribution < -0.4 is 15.0 Å².